The van der Waals surface area contributed by atoms with Gasteiger partial charge in [0.05, 0.1) is 12.0 Å². The lowest BCUT2D eigenvalue weighted by molar-refractivity contribution is -0.125. The average molecular weight is 283 g/mol. The van der Waals surface area contributed by atoms with E-state index >= 15 is 0 Å². The molecule has 1 atom stereocenters. The Morgan fingerprint density at radius 1 is 1.05 bits per heavy atom. The zero-order valence-electron chi connectivity index (χ0n) is 12.4. The summed E-state index contributed by atoms with van der Waals surface area (Å²) in [7, 11) is 0. The summed E-state index contributed by atoms with van der Waals surface area (Å²) in [4.78, 5) is 12.8. The van der Waals surface area contributed by atoms with E-state index < -0.39 is 5.41 Å². The molecule has 0 bridgehead atoms. The number of carbonyl (C=O) groups excluding carboxylic acids is 1. The van der Waals surface area contributed by atoms with Crippen LogP contribution < -0.4 is 5.32 Å². The Hall–Kier alpha value is -2.13. The lowest BCUT2D eigenvalue weighted by atomic mass is 9.75. The first-order valence-corrected chi connectivity index (χ1v) is 7.12. The number of aliphatic hydroxyl groups is 1. The van der Waals surface area contributed by atoms with E-state index in [-0.39, 0.29) is 18.6 Å². The third-order valence-electron chi connectivity index (χ3n) is 3.81. The molecule has 0 fully saturated rings. The first kappa shape index (κ1) is 15.3. The quantitative estimate of drug-likeness (QED) is 0.885. The maximum Gasteiger partial charge on any atom is 0.235 e. The molecule has 0 aromatic heterocycles. The van der Waals surface area contributed by atoms with Crippen LogP contribution in [0.5, 0.6) is 0 Å². The number of carbonyl (C=O) groups is 1. The van der Waals surface area contributed by atoms with Gasteiger partial charge in [-0.2, -0.15) is 0 Å². The average Bonchev–Trinajstić information content (AvgIpc) is 2.55. The van der Waals surface area contributed by atoms with Crippen LogP contribution in [0.3, 0.4) is 0 Å². The van der Waals surface area contributed by atoms with Gasteiger partial charge in [-0.3, -0.25) is 4.79 Å². The van der Waals surface area contributed by atoms with Crippen LogP contribution in [-0.2, 0) is 10.2 Å². The number of hydrogen-bond donors (Lipinski definition) is 2. The minimum Gasteiger partial charge on any atom is -0.394 e. The Balaban J connectivity index is 2.47. The molecule has 0 heterocycles. The maximum atomic E-state index is 12.8. The van der Waals surface area contributed by atoms with Crippen LogP contribution >= 0.6 is 0 Å². The van der Waals surface area contributed by atoms with E-state index in [2.05, 4.69) is 5.32 Å². The molecule has 21 heavy (non-hydrogen) atoms. The largest absolute Gasteiger partial charge is 0.394 e. The summed E-state index contributed by atoms with van der Waals surface area (Å²) in [5, 5.41) is 12.1. The smallest absolute Gasteiger partial charge is 0.235 e. The van der Waals surface area contributed by atoms with Crippen LogP contribution in [0.1, 0.15) is 25.0 Å². The van der Waals surface area contributed by atoms with Gasteiger partial charge in [0.2, 0.25) is 5.91 Å². The zero-order valence-corrected chi connectivity index (χ0v) is 12.4. The number of amides is 1. The number of nitrogens with one attached hydrogen (secondary N) is 1. The normalized spacial score (nSPS) is 12.7. The minimum atomic E-state index is -0.786. The summed E-state index contributed by atoms with van der Waals surface area (Å²) in [5.41, 5.74) is 1.07. The van der Waals surface area contributed by atoms with Gasteiger partial charge in [0.1, 0.15) is 0 Å². The van der Waals surface area contributed by atoms with E-state index in [1.807, 2.05) is 67.6 Å². The topological polar surface area (TPSA) is 49.3 Å². The van der Waals surface area contributed by atoms with Crippen LogP contribution in [-0.4, -0.2) is 23.7 Å². The van der Waals surface area contributed by atoms with Gasteiger partial charge in [0.15, 0.2) is 0 Å². The molecule has 110 valence electrons. The summed E-state index contributed by atoms with van der Waals surface area (Å²) >= 11 is 0. The molecule has 0 aliphatic rings. The van der Waals surface area contributed by atoms with Gasteiger partial charge in [-0.15, -0.1) is 0 Å². The standard InChI is InChI=1S/C18H21NO2/c1-14(13-20)19-17(21)18(2,15-9-5-3-6-10-15)16-11-7-4-8-12-16/h3-12,14,20H,13H2,1-2H3,(H,19,21). The third-order valence-corrected chi connectivity index (χ3v) is 3.81. The van der Waals surface area contributed by atoms with Gasteiger partial charge in [0, 0.05) is 6.04 Å². The van der Waals surface area contributed by atoms with E-state index in [1.165, 1.54) is 0 Å². The first-order valence-electron chi connectivity index (χ1n) is 7.12. The van der Waals surface area contributed by atoms with E-state index in [1.54, 1.807) is 6.92 Å². The molecule has 0 saturated heterocycles. The third kappa shape index (κ3) is 3.14. The summed E-state index contributed by atoms with van der Waals surface area (Å²) in [5.74, 6) is -0.110. The Morgan fingerprint density at radius 3 is 1.86 bits per heavy atom. The summed E-state index contributed by atoms with van der Waals surface area (Å²) in [6.07, 6.45) is 0. The molecule has 2 N–H and O–H groups in total. The fraction of sp³-hybridized carbons (Fsp3) is 0.278. The molecule has 2 rings (SSSR count). The van der Waals surface area contributed by atoms with E-state index in [0.717, 1.165) is 11.1 Å². The second-order valence-electron chi connectivity index (χ2n) is 5.41. The van der Waals surface area contributed by atoms with E-state index in [0.29, 0.717) is 0 Å². The first-order chi connectivity index (χ1) is 10.1. The highest BCUT2D eigenvalue weighted by molar-refractivity contribution is 5.91. The SMILES string of the molecule is CC(CO)NC(=O)C(C)(c1ccccc1)c1ccccc1. The molecule has 1 amide bonds. The molecule has 2 aromatic carbocycles. The fourth-order valence-corrected chi connectivity index (χ4v) is 2.39. The monoisotopic (exact) mass is 283 g/mol. The van der Waals surface area contributed by atoms with Crippen LogP contribution in [0.2, 0.25) is 0 Å². The van der Waals surface area contributed by atoms with Crippen LogP contribution in [0.25, 0.3) is 0 Å². The Labute approximate surface area is 125 Å². The lowest BCUT2D eigenvalue weighted by Crippen LogP contribution is -2.47. The second kappa shape index (κ2) is 6.55. The van der Waals surface area contributed by atoms with Crippen molar-refractivity contribution in [2.45, 2.75) is 25.3 Å². The van der Waals surface area contributed by atoms with Crippen molar-refractivity contribution in [1.29, 1.82) is 0 Å². The summed E-state index contributed by atoms with van der Waals surface area (Å²) < 4.78 is 0. The van der Waals surface area contributed by atoms with Crippen molar-refractivity contribution in [3.05, 3.63) is 71.8 Å². The van der Waals surface area contributed by atoms with Crippen molar-refractivity contribution in [2.24, 2.45) is 0 Å². The van der Waals surface area contributed by atoms with Crippen LogP contribution in [0, 0.1) is 0 Å². The highest BCUT2D eigenvalue weighted by Gasteiger charge is 2.37. The Kier molecular flexibility index (Phi) is 4.76. The van der Waals surface area contributed by atoms with Crippen molar-refractivity contribution >= 4 is 5.91 Å². The van der Waals surface area contributed by atoms with Gasteiger partial charge >= 0.3 is 0 Å². The molecular formula is C18H21NO2. The van der Waals surface area contributed by atoms with Gasteiger partial charge in [-0.05, 0) is 25.0 Å². The molecular weight excluding hydrogens is 262 g/mol. The zero-order chi connectivity index (χ0) is 15.3. The molecule has 0 saturated carbocycles. The van der Waals surface area contributed by atoms with E-state index in [9.17, 15) is 9.90 Å². The van der Waals surface area contributed by atoms with Gasteiger partial charge < -0.3 is 10.4 Å². The molecule has 0 aliphatic heterocycles. The van der Waals surface area contributed by atoms with Crippen molar-refractivity contribution < 1.29 is 9.90 Å². The second-order valence-corrected chi connectivity index (χ2v) is 5.41. The maximum absolute atomic E-state index is 12.8. The van der Waals surface area contributed by atoms with Gasteiger partial charge in [-0.1, -0.05) is 60.7 Å². The van der Waals surface area contributed by atoms with Gasteiger partial charge in [-0.25, -0.2) is 0 Å². The molecule has 0 aliphatic carbocycles. The van der Waals surface area contributed by atoms with Gasteiger partial charge in [0.25, 0.3) is 0 Å². The molecule has 1 unspecified atom stereocenters. The minimum absolute atomic E-state index is 0.0780. The van der Waals surface area contributed by atoms with Crippen molar-refractivity contribution in [1.82, 2.24) is 5.32 Å². The predicted octanol–water partition coefficient (Wildman–Crippen LogP) is 2.49. The van der Waals surface area contributed by atoms with Crippen molar-refractivity contribution in [3.8, 4) is 0 Å². The molecule has 2 aromatic rings. The predicted molar refractivity (Wildman–Crippen MR) is 84.0 cm³/mol. The van der Waals surface area contributed by atoms with E-state index in [4.69, 9.17) is 0 Å². The summed E-state index contributed by atoms with van der Waals surface area (Å²) in [6.45, 7) is 3.62. The number of aliphatic hydroxyl groups excluding tert-OH is 1. The highest BCUT2D eigenvalue weighted by atomic mass is 16.3. The lowest BCUT2D eigenvalue weighted by Gasteiger charge is -2.31. The number of rotatable bonds is 5. The fourth-order valence-electron chi connectivity index (χ4n) is 2.39. The Bertz CT molecular complexity index is 541. The molecule has 0 spiro atoms. The molecule has 0 radical (unpaired) electrons. The van der Waals surface area contributed by atoms with Crippen LogP contribution in [0.15, 0.2) is 60.7 Å². The highest BCUT2D eigenvalue weighted by Crippen LogP contribution is 2.32. The number of benzene rings is 2. The summed E-state index contributed by atoms with van der Waals surface area (Å²) in [6, 6.07) is 19.1. The van der Waals surface area contributed by atoms with Crippen LogP contribution in [0.4, 0.5) is 0 Å². The molecule has 3 heteroatoms. The van der Waals surface area contributed by atoms with Crippen molar-refractivity contribution in [3.63, 3.8) is 0 Å². The Morgan fingerprint density at radius 2 is 1.48 bits per heavy atom. The molecule has 3 nitrogen and oxygen atoms in total. The number of hydrogen-bond acceptors (Lipinski definition) is 2. The van der Waals surface area contributed by atoms with Crippen molar-refractivity contribution in [2.75, 3.05) is 6.61 Å².